The lowest BCUT2D eigenvalue weighted by atomic mass is 9.90. The molecule has 0 amide bonds. The number of benzene rings is 1. The van der Waals surface area contributed by atoms with Crippen molar-refractivity contribution >= 4 is 21.8 Å². The quantitative estimate of drug-likeness (QED) is 0.596. The van der Waals surface area contributed by atoms with Crippen LogP contribution in [0.15, 0.2) is 46.6 Å². The minimum Gasteiger partial charge on any atom is -0.277 e. The van der Waals surface area contributed by atoms with E-state index in [0.29, 0.717) is 12.1 Å². The fourth-order valence-corrected chi connectivity index (χ4v) is 3.81. The van der Waals surface area contributed by atoms with E-state index in [-0.39, 0.29) is 0 Å². The summed E-state index contributed by atoms with van der Waals surface area (Å²) in [5.41, 5.74) is 1.87. The Morgan fingerprint density at radius 3 is 1.73 bits per heavy atom. The Morgan fingerprint density at radius 1 is 0.727 bits per heavy atom. The van der Waals surface area contributed by atoms with E-state index in [9.17, 15) is 0 Å². The predicted octanol–water partition coefficient (Wildman–Crippen LogP) is 2.35. The van der Waals surface area contributed by atoms with Gasteiger partial charge >= 0.3 is 0 Å². The van der Waals surface area contributed by atoms with Crippen LogP contribution < -0.4 is 10.7 Å². The molecular weight excluding hydrogens is 272 g/mol. The fraction of sp³-hybridized carbons (Fsp3) is 0.333. The molecule has 2 aliphatic rings. The lowest BCUT2D eigenvalue weighted by molar-refractivity contribution is 0.370. The van der Waals surface area contributed by atoms with E-state index in [1.54, 1.807) is 0 Å². The molecule has 1 aliphatic carbocycles. The van der Waals surface area contributed by atoms with Gasteiger partial charge in [-0.05, 0) is 37.1 Å². The normalized spacial score (nSPS) is 23.5. The van der Waals surface area contributed by atoms with E-state index >= 15 is 0 Å². The van der Waals surface area contributed by atoms with Crippen molar-refractivity contribution in [1.29, 1.82) is 0 Å². The van der Waals surface area contributed by atoms with Gasteiger partial charge in [0.15, 0.2) is 0 Å². The molecule has 2 unspecified atom stereocenters. The average Bonchev–Trinajstić information content (AvgIpc) is 2.61. The van der Waals surface area contributed by atoms with Crippen molar-refractivity contribution < 1.29 is 0 Å². The molecule has 2 atom stereocenters. The molecule has 4 nitrogen and oxygen atoms in total. The van der Waals surface area contributed by atoms with Crippen LogP contribution in [-0.4, -0.2) is 22.1 Å². The van der Waals surface area contributed by atoms with E-state index in [0.717, 1.165) is 45.4 Å². The van der Waals surface area contributed by atoms with Gasteiger partial charge in [-0.25, -0.2) is 0 Å². The van der Waals surface area contributed by atoms with Crippen molar-refractivity contribution in [2.24, 2.45) is 9.98 Å². The van der Waals surface area contributed by atoms with Gasteiger partial charge in [0.2, 0.25) is 0 Å². The van der Waals surface area contributed by atoms with Crippen LogP contribution in [0.5, 0.6) is 0 Å². The van der Waals surface area contributed by atoms with Crippen LogP contribution in [0.3, 0.4) is 0 Å². The van der Waals surface area contributed by atoms with Gasteiger partial charge < -0.3 is 0 Å². The molecule has 0 N–H and O–H groups in total. The Kier molecular flexibility index (Phi) is 2.53. The standard InChI is InChI=1S/C18H16N4/c1-2-8-14-13(7-1)21-17-11-5-3-9-19-15(11)16-12(18(17)22-14)6-4-10-20-16/h3-6,9-10,13-14H,1-2,7-8H2. The summed E-state index contributed by atoms with van der Waals surface area (Å²) >= 11 is 0. The summed E-state index contributed by atoms with van der Waals surface area (Å²) in [6.45, 7) is 0. The van der Waals surface area contributed by atoms with Crippen LogP contribution in [0.2, 0.25) is 0 Å². The number of hydrogen-bond acceptors (Lipinski definition) is 4. The second-order valence-electron chi connectivity index (χ2n) is 6.17. The largest absolute Gasteiger partial charge is 0.277 e. The van der Waals surface area contributed by atoms with Gasteiger partial charge in [0.1, 0.15) is 0 Å². The van der Waals surface area contributed by atoms with Gasteiger partial charge in [-0.3, -0.25) is 20.0 Å². The lowest BCUT2D eigenvalue weighted by Crippen LogP contribution is -2.41. The Balaban J connectivity index is 2.01. The Morgan fingerprint density at radius 2 is 1.23 bits per heavy atom. The first-order valence-corrected chi connectivity index (χ1v) is 7.99. The summed E-state index contributed by atoms with van der Waals surface area (Å²) in [7, 11) is 0. The van der Waals surface area contributed by atoms with Crippen molar-refractivity contribution in [2.75, 3.05) is 0 Å². The highest BCUT2D eigenvalue weighted by Crippen LogP contribution is 2.25. The number of hydrogen-bond donors (Lipinski definition) is 0. The molecule has 0 radical (unpaired) electrons. The molecule has 3 aromatic rings. The number of fused-ring (bicyclic) bond motifs is 7. The number of pyridine rings is 2. The molecule has 1 fully saturated rings. The molecule has 1 aliphatic heterocycles. The molecule has 0 saturated heterocycles. The highest BCUT2D eigenvalue weighted by Gasteiger charge is 2.27. The summed E-state index contributed by atoms with van der Waals surface area (Å²) in [5.74, 6) is 0. The first kappa shape index (κ1) is 12.2. The first-order valence-electron chi connectivity index (χ1n) is 7.99. The maximum absolute atomic E-state index is 5.08. The highest BCUT2D eigenvalue weighted by atomic mass is 15.0. The van der Waals surface area contributed by atoms with Crippen molar-refractivity contribution in [3.8, 4) is 0 Å². The summed E-state index contributed by atoms with van der Waals surface area (Å²) in [6, 6.07) is 8.83. The van der Waals surface area contributed by atoms with E-state index < -0.39 is 0 Å². The van der Waals surface area contributed by atoms with E-state index in [2.05, 4.69) is 22.1 Å². The Hall–Kier alpha value is -2.36. The topological polar surface area (TPSA) is 50.5 Å². The summed E-state index contributed by atoms with van der Waals surface area (Å²) in [6.07, 6.45) is 8.49. The summed E-state index contributed by atoms with van der Waals surface area (Å²) < 4.78 is 0. The van der Waals surface area contributed by atoms with Gasteiger partial charge in [0.25, 0.3) is 0 Å². The highest BCUT2D eigenvalue weighted by molar-refractivity contribution is 6.02. The number of aromatic nitrogens is 2. The minimum atomic E-state index is 0.346. The van der Waals surface area contributed by atoms with Crippen LogP contribution in [-0.2, 0) is 0 Å². The van der Waals surface area contributed by atoms with Crippen LogP contribution in [0.1, 0.15) is 25.7 Å². The van der Waals surface area contributed by atoms with E-state index in [1.807, 2.05) is 24.5 Å². The smallest absolute Gasteiger partial charge is 0.0987 e. The van der Waals surface area contributed by atoms with E-state index in [1.165, 1.54) is 12.8 Å². The van der Waals surface area contributed by atoms with Crippen molar-refractivity contribution in [2.45, 2.75) is 37.8 Å². The molecule has 0 spiro atoms. The molecule has 2 aromatic heterocycles. The fourth-order valence-electron chi connectivity index (χ4n) is 3.81. The monoisotopic (exact) mass is 288 g/mol. The van der Waals surface area contributed by atoms with Gasteiger partial charge in [-0.2, -0.15) is 0 Å². The maximum Gasteiger partial charge on any atom is 0.0987 e. The zero-order chi connectivity index (χ0) is 14.5. The molecule has 108 valence electrons. The molecule has 22 heavy (non-hydrogen) atoms. The van der Waals surface area contributed by atoms with E-state index in [4.69, 9.17) is 9.98 Å². The molecule has 1 saturated carbocycles. The number of rotatable bonds is 0. The second-order valence-corrected chi connectivity index (χ2v) is 6.17. The van der Waals surface area contributed by atoms with Gasteiger partial charge in [-0.15, -0.1) is 0 Å². The molecular formula is C18H16N4. The minimum absolute atomic E-state index is 0.346. The molecule has 1 aromatic carbocycles. The van der Waals surface area contributed by atoms with Crippen LogP contribution in [0, 0.1) is 0 Å². The SMILES string of the molecule is c1cnc2c(c1)c1c(c3cccnc32)=NC2CCCCC2N=1. The lowest BCUT2D eigenvalue weighted by Gasteiger charge is -2.28. The zero-order valence-electron chi connectivity index (χ0n) is 12.2. The molecule has 4 heteroatoms. The van der Waals surface area contributed by atoms with Crippen LogP contribution >= 0.6 is 0 Å². The van der Waals surface area contributed by atoms with Crippen molar-refractivity contribution in [3.63, 3.8) is 0 Å². The maximum atomic E-state index is 5.08. The van der Waals surface area contributed by atoms with Gasteiger partial charge in [0.05, 0.1) is 33.8 Å². The number of nitrogens with zero attached hydrogens (tertiary/aromatic N) is 4. The second kappa shape index (κ2) is 4.57. The van der Waals surface area contributed by atoms with Crippen molar-refractivity contribution in [1.82, 2.24) is 9.97 Å². The Bertz CT molecular complexity index is 926. The predicted molar refractivity (Wildman–Crippen MR) is 85.4 cm³/mol. The molecule has 3 heterocycles. The summed E-state index contributed by atoms with van der Waals surface area (Å²) in [4.78, 5) is 19.3. The average molecular weight is 288 g/mol. The molecule has 5 rings (SSSR count). The van der Waals surface area contributed by atoms with Gasteiger partial charge in [-0.1, -0.05) is 12.8 Å². The first-order chi connectivity index (χ1) is 10.9. The summed E-state index contributed by atoms with van der Waals surface area (Å²) in [5, 5.41) is 4.20. The van der Waals surface area contributed by atoms with Crippen LogP contribution in [0.4, 0.5) is 0 Å². The Labute approximate surface area is 127 Å². The third-order valence-corrected chi connectivity index (χ3v) is 4.86. The van der Waals surface area contributed by atoms with Gasteiger partial charge in [0, 0.05) is 23.2 Å². The van der Waals surface area contributed by atoms with Crippen molar-refractivity contribution in [3.05, 3.63) is 47.4 Å². The third-order valence-electron chi connectivity index (χ3n) is 4.86. The third kappa shape index (κ3) is 1.64. The zero-order valence-corrected chi connectivity index (χ0v) is 12.2. The molecule has 0 bridgehead atoms. The van der Waals surface area contributed by atoms with Crippen LogP contribution in [0.25, 0.3) is 21.8 Å².